The number of hydrogen-bond acceptors (Lipinski definition) is 6. The monoisotopic (exact) mass is 455 g/mol. The lowest BCUT2D eigenvalue weighted by Gasteiger charge is -2.38. The van der Waals surface area contributed by atoms with Crippen LogP contribution in [0.1, 0.15) is 50.5 Å². The lowest BCUT2D eigenvalue weighted by molar-refractivity contribution is -0.385. The van der Waals surface area contributed by atoms with Crippen molar-refractivity contribution in [1.82, 2.24) is 15.5 Å². The molecule has 1 aromatic rings. The molecule has 0 aromatic heterocycles. The van der Waals surface area contributed by atoms with E-state index in [0.717, 1.165) is 37.9 Å². The fraction of sp³-hybridized carbons (Fsp3) is 0.522. The lowest BCUT2D eigenvalue weighted by Crippen LogP contribution is -2.47. The van der Waals surface area contributed by atoms with Gasteiger partial charge in [0.15, 0.2) is 0 Å². The average Bonchev–Trinajstić information content (AvgIpc) is 3.14. The Bertz CT molecular complexity index is 1000. The van der Waals surface area contributed by atoms with Crippen molar-refractivity contribution in [3.63, 3.8) is 0 Å². The third-order valence-corrected chi connectivity index (χ3v) is 6.83. The number of urea groups is 1. The van der Waals surface area contributed by atoms with Gasteiger partial charge in [0.2, 0.25) is 5.91 Å². The van der Waals surface area contributed by atoms with Crippen molar-refractivity contribution in [3.8, 4) is 0 Å². The maximum Gasteiger partial charge on any atom is 0.326 e. The van der Waals surface area contributed by atoms with Crippen molar-refractivity contribution >= 4 is 35.3 Å². The number of rotatable bonds is 5. The second kappa shape index (κ2) is 9.60. The van der Waals surface area contributed by atoms with E-state index >= 15 is 0 Å². The molecule has 4 amide bonds. The number of carbonyl (C=O) groups is 3. The molecule has 1 aliphatic carbocycles. The first-order valence-corrected chi connectivity index (χ1v) is 11.5. The van der Waals surface area contributed by atoms with E-state index < -0.39 is 16.9 Å². The molecule has 3 fully saturated rings. The van der Waals surface area contributed by atoms with Crippen LogP contribution in [-0.4, -0.2) is 53.8 Å². The molecular weight excluding hydrogens is 426 g/mol. The van der Waals surface area contributed by atoms with E-state index in [-0.39, 0.29) is 28.8 Å². The van der Waals surface area contributed by atoms with Crippen LogP contribution >= 0.6 is 0 Å². The highest BCUT2D eigenvalue weighted by Crippen LogP contribution is 2.31. The summed E-state index contributed by atoms with van der Waals surface area (Å²) in [4.78, 5) is 51.5. The van der Waals surface area contributed by atoms with Crippen LogP contribution in [0.2, 0.25) is 0 Å². The molecule has 2 heterocycles. The van der Waals surface area contributed by atoms with Crippen LogP contribution in [0.25, 0.3) is 6.08 Å². The predicted octanol–water partition coefficient (Wildman–Crippen LogP) is 2.78. The van der Waals surface area contributed by atoms with Gasteiger partial charge in [0.25, 0.3) is 11.6 Å². The highest BCUT2D eigenvalue weighted by Gasteiger charge is 2.32. The van der Waals surface area contributed by atoms with Crippen molar-refractivity contribution in [2.45, 2.75) is 51.0 Å². The zero-order chi connectivity index (χ0) is 23.5. The minimum absolute atomic E-state index is 0.0407. The summed E-state index contributed by atoms with van der Waals surface area (Å²) in [5.74, 6) is -0.585. The van der Waals surface area contributed by atoms with Gasteiger partial charge in [-0.05, 0) is 43.9 Å². The Morgan fingerprint density at radius 1 is 1.15 bits per heavy atom. The standard InChI is InChI=1S/C23H29N5O5/c1-26(17-7-3-2-4-8-17)22(30)15-6-5-11-27(14-15)18-9-10-20(28(32)33)16(12-18)13-19-21(29)25-23(31)24-19/h9-10,12-13,15,17H,2-8,11,14H2,1H3,(H2,24,25,29,31)/b19-13+. The Balaban J connectivity index is 1.54. The van der Waals surface area contributed by atoms with E-state index in [4.69, 9.17) is 0 Å². The van der Waals surface area contributed by atoms with Crippen molar-refractivity contribution in [1.29, 1.82) is 0 Å². The maximum absolute atomic E-state index is 13.2. The molecule has 0 bridgehead atoms. The summed E-state index contributed by atoms with van der Waals surface area (Å²) in [6, 6.07) is 4.36. The number of nitrogens with one attached hydrogen (secondary N) is 2. The normalized spacial score (nSPS) is 22.8. The fourth-order valence-corrected chi connectivity index (χ4v) is 5.01. The number of benzene rings is 1. The summed E-state index contributed by atoms with van der Waals surface area (Å²) >= 11 is 0. The SMILES string of the molecule is CN(C(=O)C1CCCN(c2ccc([N+](=O)[O-])c(/C=C3/NC(=O)NC3=O)c2)C1)C1CCCCC1. The van der Waals surface area contributed by atoms with Gasteiger partial charge in [-0.2, -0.15) is 0 Å². The second-order valence-electron chi connectivity index (χ2n) is 8.99. The van der Waals surface area contributed by atoms with Gasteiger partial charge in [-0.25, -0.2) is 4.79 Å². The Kier molecular flexibility index (Phi) is 6.62. The molecule has 1 atom stereocenters. The summed E-state index contributed by atoms with van der Waals surface area (Å²) in [5.41, 5.74) is 0.760. The largest absolute Gasteiger partial charge is 0.371 e. The Morgan fingerprint density at radius 3 is 2.58 bits per heavy atom. The fourth-order valence-electron chi connectivity index (χ4n) is 5.01. The van der Waals surface area contributed by atoms with Crippen LogP contribution in [-0.2, 0) is 9.59 Å². The number of anilines is 1. The third-order valence-electron chi connectivity index (χ3n) is 6.83. The topological polar surface area (TPSA) is 125 Å². The van der Waals surface area contributed by atoms with E-state index in [0.29, 0.717) is 12.6 Å². The Morgan fingerprint density at radius 2 is 1.91 bits per heavy atom. The summed E-state index contributed by atoms with van der Waals surface area (Å²) < 4.78 is 0. The molecule has 0 radical (unpaired) electrons. The van der Waals surface area contributed by atoms with Crippen molar-refractivity contribution in [2.24, 2.45) is 5.92 Å². The lowest BCUT2D eigenvalue weighted by atomic mass is 9.91. The number of imide groups is 1. The van der Waals surface area contributed by atoms with Gasteiger partial charge in [-0.15, -0.1) is 0 Å². The number of nitro benzene ring substituents is 1. The van der Waals surface area contributed by atoms with E-state index in [1.807, 2.05) is 11.9 Å². The van der Waals surface area contributed by atoms with Crippen molar-refractivity contribution < 1.29 is 19.3 Å². The maximum atomic E-state index is 13.2. The van der Waals surface area contributed by atoms with Gasteiger partial charge in [-0.1, -0.05) is 19.3 Å². The summed E-state index contributed by atoms with van der Waals surface area (Å²) in [7, 11) is 1.91. The molecule has 2 saturated heterocycles. The van der Waals surface area contributed by atoms with Gasteiger partial charge >= 0.3 is 6.03 Å². The first-order valence-electron chi connectivity index (χ1n) is 11.5. The molecule has 33 heavy (non-hydrogen) atoms. The zero-order valence-electron chi connectivity index (χ0n) is 18.7. The molecule has 10 nitrogen and oxygen atoms in total. The van der Waals surface area contributed by atoms with Crippen LogP contribution in [0.5, 0.6) is 0 Å². The van der Waals surface area contributed by atoms with Crippen LogP contribution in [0.15, 0.2) is 23.9 Å². The Labute approximate surface area is 192 Å². The Hall–Kier alpha value is -3.43. The molecule has 1 saturated carbocycles. The van der Waals surface area contributed by atoms with E-state index in [2.05, 4.69) is 15.5 Å². The number of nitro groups is 1. The smallest absolute Gasteiger partial charge is 0.326 e. The minimum Gasteiger partial charge on any atom is -0.371 e. The number of hydrogen-bond donors (Lipinski definition) is 2. The van der Waals surface area contributed by atoms with Crippen LogP contribution < -0.4 is 15.5 Å². The summed E-state index contributed by atoms with van der Waals surface area (Å²) in [6.45, 7) is 1.28. The molecule has 1 aromatic carbocycles. The average molecular weight is 456 g/mol. The molecule has 3 aliphatic rings. The molecular formula is C23H29N5O5. The molecule has 10 heteroatoms. The van der Waals surface area contributed by atoms with E-state index in [1.165, 1.54) is 31.4 Å². The van der Waals surface area contributed by atoms with Crippen LogP contribution in [0.4, 0.5) is 16.2 Å². The van der Waals surface area contributed by atoms with Crippen molar-refractivity contribution in [3.05, 3.63) is 39.6 Å². The molecule has 1 unspecified atom stereocenters. The van der Waals surface area contributed by atoms with E-state index in [1.54, 1.807) is 12.1 Å². The number of carbonyl (C=O) groups excluding carboxylic acids is 3. The molecule has 2 aliphatic heterocycles. The molecule has 176 valence electrons. The van der Waals surface area contributed by atoms with E-state index in [9.17, 15) is 24.5 Å². The summed E-state index contributed by atoms with van der Waals surface area (Å²) in [6.07, 6.45) is 8.66. The van der Waals surface area contributed by atoms with Gasteiger partial charge in [0.05, 0.1) is 16.4 Å². The molecule has 2 N–H and O–H groups in total. The predicted molar refractivity (Wildman–Crippen MR) is 122 cm³/mol. The minimum atomic E-state index is -0.662. The highest BCUT2D eigenvalue weighted by atomic mass is 16.6. The molecule has 4 rings (SSSR count). The quantitative estimate of drug-likeness (QED) is 0.304. The zero-order valence-corrected chi connectivity index (χ0v) is 18.7. The van der Waals surface area contributed by atoms with Crippen molar-refractivity contribution in [2.75, 3.05) is 25.0 Å². The van der Waals surface area contributed by atoms with Gasteiger partial charge in [0, 0.05) is 37.9 Å². The highest BCUT2D eigenvalue weighted by molar-refractivity contribution is 6.14. The first-order chi connectivity index (χ1) is 15.8. The van der Waals surface area contributed by atoms with Crippen LogP contribution in [0.3, 0.4) is 0 Å². The second-order valence-corrected chi connectivity index (χ2v) is 8.99. The van der Waals surface area contributed by atoms with Gasteiger partial charge < -0.3 is 15.1 Å². The number of piperidine rings is 1. The van der Waals surface area contributed by atoms with Gasteiger partial charge in [-0.3, -0.25) is 25.0 Å². The molecule has 0 spiro atoms. The first kappa shape index (κ1) is 22.8. The third kappa shape index (κ3) is 4.99. The van der Waals surface area contributed by atoms with Crippen LogP contribution in [0, 0.1) is 16.0 Å². The number of nitrogens with zero attached hydrogens (tertiary/aromatic N) is 3. The van der Waals surface area contributed by atoms with Gasteiger partial charge in [0.1, 0.15) is 5.70 Å². The number of amides is 4. The summed E-state index contributed by atoms with van der Waals surface area (Å²) in [5, 5.41) is 16.0.